The summed E-state index contributed by atoms with van der Waals surface area (Å²) in [5.41, 5.74) is 1.27. The van der Waals surface area contributed by atoms with Crippen molar-refractivity contribution in [1.82, 2.24) is 10.6 Å². The van der Waals surface area contributed by atoms with Gasteiger partial charge in [-0.3, -0.25) is 9.59 Å². The molecule has 5 heteroatoms. The van der Waals surface area contributed by atoms with Gasteiger partial charge in [-0.2, -0.15) is 0 Å². The van der Waals surface area contributed by atoms with E-state index < -0.39 is 0 Å². The third-order valence-corrected chi connectivity index (χ3v) is 3.07. The highest BCUT2D eigenvalue weighted by molar-refractivity contribution is 5.96. The molecule has 0 aliphatic rings. The zero-order chi connectivity index (χ0) is 15.8. The van der Waals surface area contributed by atoms with Gasteiger partial charge in [0.15, 0.2) is 0 Å². The van der Waals surface area contributed by atoms with Crippen LogP contribution in [0, 0.1) is 0 Å². The number of carbonyl (C=O) groups is 2. The van der Waals surface area contributed by atoms with Gasteiger partial charge < -0.3 is 16.0 Å². The van der Waals surface area contributed by atoms with Crippen LogP contribution in [0.1, 0.15) is 44.5 Å². The molecule has 1 aromatic carbocycles. The summed E-state index contributed by atoms with van der Waals surface area (Å²) < 4.78 is 0. The summed E-state index contributed by atoms with van der Waals surface area (Å²) in [6.07, 6.45) is 0.979. The Morgan fingerprint density at radius 1 is 1.10 bits per heavy atom. The highest BCUT2D eigenvalue weighted by atomic mass is 16.2. The Kier molecular flexibility index (Phi) is 6.88. The lowest BCUT2D eigenvalue weighted by atomic mass is 10.2. The van der Waals surface area contributed by atoms with Crippen LogP contribution in [0.2, 0.25) is 0 Å². The second-order valence-electron chi connectivity index (χ2n) is 5.44. The van der Waals surface area contributed by atoms with Gasteiger partial charge in [-0.1, -0.05) is 6.92 Å². The molecule has 0 radical (unpaired) electrons. The number of rotatable bonds is 7. The van der Waals surface area contributed by atoms with Crippen LogP contribution in [0.4, 0.5) is 5.69 Å². The molecule has 1 unspecified atom stereocenters. The van der Waals surface area contributed by atoms with Crippen molar-refractivity contribution >= 4 is 17.5 Å². The zero-order valence-corrected chi connectivity index (χ0v) is 13.2. The molecule has 5 nitrogen and oxygen atoms in total. The van der Waals surface area contributed by atoms with Gasteiger partial charge >= 0.3 is 0 Å². The Hall–Kier alpha value is -1.88. The van der Waals surface area contributed by atoms with Gasteiger partial charge in [0.2, 0.25) is 5.91 Å². The van der Waals surface area contributed by atoms with E-state index in [2.05, 4.69) is 22.9 Å². The molecule has 0 bridgehead atoms. The summed E-state index contributed by atoms with van der Waals surface area (Å²) in [6.45, 7) is 8.21. The van der Waals surface area contributed by atoms with E-state index >= 15 is 0 Å². The van der Waals surface area contributed by atoms with Gasteiger partial charge in [-0.15, -0.1) is 0 Å². The number of hydrogen-bond acceptors (Lipinski definition) is 3. The standard InChI is InChI=1S/C16H25N3O2/c1-5-12(4)17-10-15(20)19-14-8-6-13(7-9-14)16(21)18-11(2)3/h6-9,11-12,17H,5,10H2,1-4H3,(H,18,21)(H,19,20). The Morgan fingerprint density at radius 3 is 2.24 bits per heavy atom. The summed E-state index contributed by atoms with van der Waals surface area (Å²) in [5.74, 6) is -0.198. The van der Waals surface area contributed by atoms with Crippen molar-refractivity contribution in [3.8, 4) is 0 Å². The van der Waals surface area contributed by atoms with Crippen LogP contribution >= 0.6 is 0 Å². The van der Waals surface area contributed by atoms with Gasteiger partial charge in [0.05, 0.1) is 6.54 Å². The Bertz CT molecular complexity index is 469. The van der Waals surface area contributed by atoms with E-state index in [9.17, 15) is 9.59 Å². The lowest BCUT2D eigenvalue weighted by Gasteiger charge is -2.12. The number of benzene rings is 1. The van der Waals surface area contributed by atoms with Crippen molar-refractivity contribution in [3.63, 3.8) is 0 Å². The molecular weight excluding hydrogens is 266 g/mol. The molecule has 1 aromatic rings. The summed E-state index contributed by atoms with van der Waals surface area (Å²) >= 11 is 0. The maximum Gasteiger partial charge on any atom is 0.251 e. The fourth-order valence-electron chi connectivity index (χ4n) is 1.67. The van der Waals surface area contributed by atoms with Gasteiger partial charge in [-0.25, -0.2) is 0 Å². The molecular formula is C16H25N3O2. The zero-order valence-electron chi connectivity index (χ0n) is 13.2. The number of carbonyl (C=O) groups excluding carboxylic acids is 2. The smallest absolute Gasteiger partial charge is 0.251 e. The molecule has 0 aromatic heterocycles. The average Bonchev–Trinajstić information content (AvgIpc) is 2.44. The summed E-state index contributed by atoms with van der Waals surface area (Å²) in [5, 5.41) is 8.74. The molecule has 2 amide bonds. The van der Waals surface area contributed by atoms with E-state index in [1.165, 1.54) is 0 Å². The number of hydrogen-bond donors (Lipinski definition) is 3. The first-order valence-electron chi connectivity index (χ1n) is 7.36. The van der Waals surface area contributed by atoms with Crippen molar-refractivity contribution in [2.24, 2.45) is 0 Å². The van der Waals surface area contributed by atoms with Crippen molar-refractivity contribution in [1.29, 1.82) is 0 Å². The Balaban J connectivity index is 2.51. The highest BCUT2D eigenvalue weighted by Crippen LogP contribution is 2.09. The first-order valence-corrected chi connectivity index (χ1v) is 7.36. The lowest BCUT2D eigenvalue weighted by Crippen LogP contribution is -2.34. The lowest BCUT2D eigenvalue weighted by molar-refractivity contribution is -0.115. The molecule has 1 rings (SSSR count). The minimum Gasteiger partial charge on any atom is -0.350 e. The summed E-state index contributed by atoms with van der Waals surface area (Å²) in [4.78, 5) is 23.5. The van der Waals surface area contributed by atoms with E-state index in [4.69, 9.17) is 0 Å². The molecule has 0 aliphatic heterocycles. The molecule has 0 saturated carbocycles. The molecule has 0 spiro atoms. The van der Waals surface area contributed by atoms with Crippen LogP contribution < -0.4 is 16.0 Å². The number of nitrogens with one attached hydrogen (secondary N) is 3. The van der Waals surface area contributed by atoms with Crippen molar-refractivity contribution in [2.45, 2.75) is 46.2 Å². The fourth-order valence-corrected chi connectivity index (χ4v) is 1.67. The summed E-state index contributed by atoms with van der Waals surface area (Å²) in [6, 6.07) is 7.29. The average molecular weight is 291 g/mol. The monoisotopic (exact) mass is 291 g/mol. The van der Waals surface area contributed by atoms with E-state index in [0.29, 0.717) is 17.3 Å². The molecule has 1 atom stereocenters. The van der Waals surface area contributed by atoms with E-state index in [1.807, 2.05) is 20.8 Å². The predicted molar refractivity (Wildman–Crippen MR) is 85.4 cm³/mol. The first-order chi connectivity index (χ1) is 9.92. The van der Waals surface area contributed by atoms with Crippen molar-refractivity contribution < 1.29 is 9.59 Å². The third kappa shape index (κ3) is 6.40. The van der Waals surface area contributed by atoms with Gasteiger partial charge in [-0.05, 0) is 51.5 Å². The number of anilines is 1. The van der Waals surface area contributed by atoms with Crippen LogP contribution in [-0.4, -0.2) is 30.4 Å². The molecule has 0 saturated heterocycles. The molecule has 116 valence electrons. The minimum atomic E-state index is -0.110. The quantitative estimate of drug-likeness (QED) is 0.721. The minimum absolute atomic E-state index is 0.0883. The largest absolute Gasteiger partial charge is 0.350 e. The topological polar surface area (TPSA) is 70.2 Å². The number of amides is 2. The van der Waals surface area contributed by atoms with Crippen LogP contribution in [0.5, 0.6) is 0 Å². The van der Waals surface area contributed by atoms with Gasteiger partial charge in [0.25, 0.3) is 5.91 Å². The van der Waals surface area contributed by atoms with Crippen molar-refractivity contribution in [3.05, 3.63) is 29.8 Å². The first kappa shape index (κ1) is 17.2. The predicted octanol–water partition coefficient (Wildman–Crippen LogP) is 2.15. The van der Waals surface area contributed by atoms with Crippen molar-refractivity contribution in [2.75, 3.05) is 11.9 Å². The normalized spacial score (nSPS) is 12.0. The van der Waals surface area contributed by atoms with E-state index in [1.54, 1.807) is 24.3 Å². The van der Waals surface area contributed by atoms with E-state index in [0.717, 1.165) is 6.42 Å². The van der Waals surface area contributed by atoms with Crippen LogP contribution in [0.3, 0.4) is 0 Å². The second kappa shape index (κ2) is 8.42. The SMILES string of the molecule is CCC(C)NCC(=O)Nc1ccc(C(=O)NC(C)C)cc1. The van der Waals surface area contributed by atoms with E-state index in [-0.39, 0.29) is 24.4 Å². The van der Waals surface area contributed by atoms with Crippen LogP contribution in [0.25, 0.3) is 0 Å². The van der Waals surface area contributed by atoms with Gasteiger partial charge in [0.1, 0.15) is 0 Å². The fraction of sp³-hybridized carbons (Fsp3) is 0.500. The molecule has 0 aliphatic carbocycles. The molecule has 3 N–H and O–H groups in total. The Labute approximate surface area is 126 Å². The maximum absolute atomic E-state index is 11.8. The summed E-state index contributed by atoms with van der Waals surface area (Å²) in [7, 11) is 0. The van der Waals surface area contributed by atoms with Crippen LogP contribution in [-0.2, 0) is 4.79 Å². The molecule has 0 heterocycles. The van der Waals surface area contributed by atoms with Gasteiger partial charge in [0, 0.05) is 23.3 Å². The Morgan fingerprint density at radius 2 is 1.71 bits per heavy atom. The maximum atomic E-state index is 11.8. The third-order valence-electron chi connectivity index (χ3n) is 3.07. The molecule has 0 fully saturated rings. The molecule has 21 heavy (non-hydrogen) atoms. The second-order valence-corrected chi connectivity index (χ2v) is 5.44. The van der Waals surface area contributed by atoms with Crippen LogP contribution in [0.15, 0.2) is 24.3 Å². The highest BCUT2D eigenvalue weighted by Gasteiger charge is 2.08.